The Morgan fingerprint density at radius 2 is 1.56 bits per heavy atom. The van der Waals surface area contributed by atoms with Crippen LogP contribution in [0.3, 0.4) is 0 Å². The molecular weight excluding hydrogens is 512 g/mol. The lowest BCUT2D eigenvalue weighted by molar-refractivity contribution is -0.144. The average molecular weight is 547 g/mol. The number of aromatic nitrogens is 1. The highest BCUT2D eigenvalue weighted by molar-refractivity contribution is 5.95. The van der Waals surface area contributed by atoms with Crippen LogP contribution < -0.4 is 27.4 Å². The smallest absolute Gasteiger partial charge is 0.326 e. The maximum absolute atomic E-state index is 13.1. The zero-order chi connectivity index (χ0) is 29.3. The normalized spacial score (nSPS) is 14.2. The van der Waals surface area contributed by atoms with Gasteiger partial charge < -0.3 is 42.6 Å². The molecule has 4 atom stereocenters. The first-order valence-electron chi connectivity index (χ1n) is 12.2. The molecule has 14 nitrogen and oxygen atoms in total. The summed E-state index contributed by atoms with van der Waals surface area (Å²) in [4.78, 5) is 75.5. The lowest BCUT2D eigenvalue weighted by Gasteiger charge is -2.26. The molecule has 0 fully saturated rings. The number of carboxylic acids is 2. The lowest BCUT2D eigenvalue weighted by atomic mass is 10.0. The van der Waals surface area contributed by atoms with E-state index in [1.54, 1.807) is 20.0 Å². The zero-order valence-electron chi connectivity index (χ0n) is 21.6. The van der Waals surface area contributed by atoms with E-state index in [0.717, 1.165) is 16.5 Å². The molecule has 0 aliphatic carbocycles. The molecule has 1 heterocycles. The second-order valence-corrected chi connectivity index (χ2v) is 9.46. The molecule has 2 rings (SSSR count). The Hall–Kier alpha value is -4.46. The first kappa shape index (κ1) is 30.8. The van der Waals surface area contributed by atoms with Crippen LogP contribution >= 0.6 is 0 Å². The summed E-state index contributed by atoms with van der Waals surface area (Å²) in [7, 11) is 0. The molecule has 0 saturated carbocycles. The van der Waals surface area contributed by atoms with E-state index in [9.17, 15) is 33.9 Å². The third-order valence-electron chi connectivity index (χ3n) is 6.00. The Morgan fingerprint density at radius 3 is 2.15 bits per heavy atom. The summed E-state index contributed by atoms with van der Waals surface area (Å²) >= 11 is 0. The van der Waals surface area contributed by atoms with Crippen molar-refractivity contribution < 1.29 is 39.0 Å². The summed E-state index contributed by atoms with van der Waals surface area (Å²) in [6, 6.07) is 2.12. The Morgan fingerprint density at radius 1 is 0.923 bits per heavy atom. The molecule has 0 spiro atoms. The summed E-state index contributed by atoms with van der Waals surface area (Å²) in [6.07, 6.45) is 0.440. The Kier molecular flexibility index (Phi) is 11.0. The van der Waals surface area contributed by atoms with Gasteiger partial charge in [-0.3, -0.25) is 24.0 Å². The molecule has 4 amide bonds. The van der Waals surface area contributed by atoms with Crippen LogP contribution in [0.5, 0.6) is 0 Å². The van der Waals surface area contributed by atoms with Crippen molar-refractivity contribution in [1.29, 1.82) is 0 Å². The van der Waals surface area contributed by atoms with Crippen LogP contribution in [0.1, 0.15) is 38.7 Å². The number of nitrogens with one attached hydrogen (secondary N) is 4. The molecule has 0 radical (unpaired) electrons. The van der Waals surface area contributed by atoms with Crippen molar-refractivity contribution in [3.63, 3.8) is 0 Å². The highest BCUT2D eigenvalue weighted by atomic mass is 16.4. The number of benzene rings is 1. The summed E-state index contributed by atoms with van der Waals surface area (Å²) < 4.78 is 0. The van der Waals surface area contributed by atoms with E-state index in [1.165, 1.54) is 0 Å². The van der Waals surface area contributed by atoms with Crippen molar-refractivity contribution in [2.75, 3.05) is 0 Å². The first-order valence-corrected chi connectivity index (χ1v) is 12.2. The number of aromatic amines is 1. The second-order valence-electron chi connectivity index (χ2n) is 9.46. The van der Waals surface area contributed by atoms with Crippen molar-refractivity contribution in [1.82, 2.24) is 20.9 Å². The summed E-state index contributed by atoms with van der Waals surface area (Å²) in [5.41, 5.74) is 12.8. The number of para-hydroxylation sites is 1. The Bertz CT molecular complexity index is 1230. The van der Waals surface area contributed by atoms with Gasteiger partial charge in [-0.15, -0.1) is 0 Å². The van der Waals surface area contributed by atoms with Gasteiger partial charge >= 0.3 is 11.9 Å². The number of hydrogen-bond donors (Lipinski definition) is 8. The van der Waals surface area contributed by atoms with Crippen molar-refractivity contribution in [2.24, 2.45) is 17.4 Å². The number of primary amides is 1. The van der Waals surface area contributed by atoms with Crippen molar-refractivity contribution in [3.8, 4) is 0 Å². The SMILES string of the molecule is CC(C)C(NC(=O)C(CCC(=O)O)NC(=O)C(N)Cc1c[nH]c2ccccc12)C(=O)NC(CC(N)=O)C(=O)O. The highest BCUT2D eigenvalue weighted by Gasteiger charge is 2.32. The van der Waals surface area contributed by atoms with Gasteiger partial charge in [-0.05, 0) is 30.4 Å². The lowest BCUT2D eigenvalue weighted by Crippen LogP contribution is -2.58. The number of carboxylic acid groups (broad SMARTS) is 2. The quantitative estimate of drug-likeness (QED) is 0.136. The number of rotatable bonds is 15. The molecule has 14 heteroatoms. The van der Waals surface area contributed by atoms with Gasteiger partial charge in [0.15, 0.2) is 0 Å². The minimum Gasteiger partial charge on any atom is -0.481 e. The van der Waals surface area contributed by atoms with E-state index in [1.807, 2.05) is 24.3 Å². The average Bonchev–Trinajstić information content (AvgIpc) is 3.26. The maximum atomic E-state index is 13.1. The van der Waals surface area contributed by atoms with Gasteiger partial charge in [0.25, 0.3) is 0 Å². The summed E-state index contributed by atoms with van der Waals surface area (Å²) in [5.74, 6) is -6.66. The van der Waals surface area contributed by atoms with E-state index < -0.39 is 78.5 Å². The van der Waals surface area contributed by atoms with Crippen molar-refractivity contribution in [3.05, 3.63) is 36.0 Å². The fraction of sp³-hybridized carbons (Fsp3) is 0.440. The third-order valence-corrected chi connectivity index (χ3v) is 6.00. The van der Waals surface area contributed by atoms with Gasteiger partial charge in [0.2, 0.25) is 23.6 Å². The molecule has 4 unspecified atom stereocenters. The highest BCUT2D eigenvalue weighted by Crippen LogP contribution is 2.19. The van der Waals surface area contributed by atoms with Crippen LogP contribution in [0, 0.1) is 5.92 Å². The van der Waals surface area contributed by atoms with Crippen LogP contribution in [-0.4, -0.2) is 74.9 Å². The molecule has 39 heavy (non-hydrogen) atoms. The van der Waals surface area contributed by atoms with Crippen LogP contribution in [0.15, 0.2) is 30.5 Å². The fourth-order valence-electron chi connectivity index (χ4n) is 3.90. The van der Waals surface area contributed by atoms with E-state index in [-0.39, 0.29) is 12.8 Å². The van der Waals surface area contributed by atoms with Gasteiger partial charge in [-0.2, -0.15) is 0 Å². The number of aliphatic carboxylic acids is 2. The number of carbonyl (C=O) groups excluding carboxylic acids is 4. The first-order chi connectivity index (χ1) is 18.3. The molecule has 212 valence electrons. The Labute approximate surface area is 223 Å². The molecule has 0 saturated heterocycles. The zero-order valence-corrected chi connectivity index (χ0v) is 21.6. The second kappa shape index (κ2) is 13.9. The summed E-state index contributed by atoms with van der Waals surface area (Å²) in [6.45, 7) is 3.16. The predicted octanol–water partition coefficient (Wildman–Crippen LogP) is -1.03. The predicted molar refractivity (Wildman–Crippen MR) is 139 cm³/mol. The Balaban J connectivity index is 2.14. The number of hydrogen-bond acceptors (Lipinski definition) is 7. The van der Waals surface area contributed by atoms with E-state index >= 15 is 0 Å². The van der Waals surface area contributed by atoms with Crippen LogP contribution in [0.25, 0.3) is 10.9 Å². The number of amides is 4. The standard InChI is InChI=1S/C25H34N6O8/c1-12(2)21(24(37)30-18(25(38)39)10-19(27)32)31-23(36)17(7-8-20(33)34)29-22(35)15(26)9-13-11-28-16-6-4-3-5-14(13)16/h3-6,11-12,15,17-18,21,28H,7-10,26H2,1-2H3,(H2,27,32)(H,29,35)(H,30,37)(H,31,36)(H,33,34)(H,38,39). The molecule has 0 aliphatic rings. The van der Waals surface area contributed by atoms with Crippen LogP contribution in [0.4, 0.5) is 0 Å². The topological polar surface area (TPSA) is 247 Å². The molecule has 0 bridgehead atoms. The van der Waals surface area contributed by atoms with E-state index in [4.69, 9.17) is 16.6 Å². The number of H-pyrrole nitrogens is 1. The third kappa shape index (κ3) is 9.10. The summed E-state index contributed by atoms with van der Waals surface area (Å²) in [5, 5.41) is 26.3. The molecule has 0 aliphatic heterocycles. The van der Waals surface area contributed by atoms with Gasteiger partial charge in [-0.25, -0.2) is 4.79 Å². The number of carbonyl (C=O) groups is 6. The molecule has 10 N–H and O–H groups in total. The van der Waals surface area contributed by atoms with Crippen molar-refractivity contribution in [2.45, 2.75) is 63.7 Å². The molecule has 1 aromatic carbocycles. The fourth-order valence-corrected chi connectivity index (χ4v) is 3.90. The largest absolute Gasteiger partial charge is 0.481 e. The van der Waals surface area contributed by atoms with Gasteiger partial charge in [0.1, 0.15) is 18.1 Å². The minimum atomic E-state index is -1.61. The molecular formula is C25H34N6O8. The van der Waals surface area contributed by atoms with Gasteiger partial charge in [0.05, 0.1) is 12.5 Å². The van der Waals surface area contributed by atoms with Gasteiger partial charge in [-0.1, -0.05) is 32.0 Å². The number of nitrogens with two attached hydrogens (primary N) is 2. The van der Waals surface area contributed by atoms with E-state index in [2.05, 4.69) is 20.9 Å². The maximum Gasteiger partial charge on any atom is 0.326 e. The monoisotopic (exact) mass is 546 g/mol. The number of fused-ring (bicyclic) bond motifs is 1. The van der Waals surface area contributed by atoms with Crippen molar-refractivity contribution >= 4 is 46.5 Å². The van der Waals surface area contributed by atoms with E-state index in [0.29, 0.717) is 0 Å². The van der Waals surface area contributed by atoms with Gasteiger partial charge in [0, 0.05) is 23.5 Å². The minimum absolute atomic E-state index is 0.135. The molecule has 1 aromatic heterocycles. The van der Waals surface area contributed by atoms with Crippen LogP contribution in [-0.2, 0) is 35.2 Å². The van der Waals surface area contributed by atoms with Crippen LogP contribution in [0.2, 0.25) is 0 Å². The molecule has 2 aromatic rings.